The summed E-state index contributed by atoms with van der Waals surface area (Å²) in [5, 5.41) is 18.5. The molecule has 0 fully saturated rings. The van der Waals surface area contributed by atoms with E-state index in [9.17, 15) is 5.11 Å². The molecule has 3 nitrogen and oxygen atoms in total. The fourth-order valence-corrected chi connectivity index (χ4v) is 1.45. The predicted molar refractivity (Wildman–Crippen MR) is 68.0 cm³/mol. The van der Waals surface area contributed by atoms with E-state index in [1.807, 2.05) is 0 Å². The van der Waals surface area contributed by atoms with E-state index in [1.54, 1.807) is 6.07 Å². The molecule has 0 spiro atoms. The van der Waals surface area contributed by atoms with Crippen molar-refractivity contribution in [2.24, 2.45) is 11.7 Å². The Kier molecular flexibility index (Phi) is 6.22. The number of phenolic OH excluding ortho intramolecular Hbond substituents is 2. The Labute approximate surface area is 103 Å². The lowest BCUT2D eigenvalue weighted by atomic mass is 9.98. The summed E-state index contributed by atoms with van der Waals surface area (Å²) in [6, 6.07) is 4.68. The number of nitrogens with two attached hydrogens (primary N) is 1. The van der Waals surface area contributed by atoms with Crippen molar-refractivity contribution in [1.82, 2.24) is 0 Å². The Balaban J connectivity index is 0.00000225. The first kappa shape index (κ1) is 15.1. The number of phenols is 2. The SMILES string of the molecule is CC(C)CC[C@H](N)c1ccc(O)c(O)c1.Cl. The van der Waals surface area contributed by atoms with E-state index in [-0.39, 0.29) is 29.9 Å². The molecule has 1 aromatic rings. The predicted octanol–water partition coefficient (Wildman–Crippen LogP) is 2.96. The van der Waals surface area contributed by atoms with Gasteiger partial charge in [0.15, 0.2) is 11.5 Å². The van der Waals surface area contributed by atoms with Gasteiger partial charge in [-0.25, -0.2) is 0 Å². The highest BCUT2D eigenvalue weighted by Crippen LogP contribution is 2.28. The van der Waals surface area contributed by atoms with E-state index in [4.69, 9.17) is 10.8 Å². The van der Waals surface area contributed by atoms with Gasteiger partial charge in [0.05, 0.1) is 0 Å². The maximum atomic E-state index is 9.32. The third kappa shape index (κ3) is 4.29. The van der Waals surface area contributed by atoms with Crippen LogP contribution >= 0.6 is 12.4 Å². The van der Waals surface area contributed by atoms with Crippen LogP contribution < -0.4 is 5.73 Å². The standard InChI is InChI=1S/C12H19NO2.ClH/c1-8(2)3-5-10(13)9-4-6-11(14)12(15)7-9;/h4,6-8,10,14-15H,3,5,13H2,1-2H3;1H/t10-;/m0./s1. The summed E-state index contributed by atoms with van der Waals surface area (Å²) >= 11 is 0. The second-order valence-electron chi connectivity index (χ2n) is 4.33. The van der Waals surface area contributed by atoms with Crippen molar-refractivity contribution in [2.45, 2.75) is 32.7 Å². The van der Waals surface area contributed by atoms with Gasteiger partial charge in [0.25, 0.3) is 0 Å². The van der Waals surface area contributed by atoms with Crippen molar-refractivity contribution in [3.8, 4) is 11.5 Å². The molecule has 1 atom stereocenters. The van der Waals surface area contributed by atoms with Gasteiger partial charge in [-0.2, -0.15) is 0 Å². The molecule has 0 aliphatic carbocycles. The summed E-state index contributed by atoms with van der Waals surface area (Å²) in [6.07, 6.45) is 1.95. The molecule has 0 radical (unpaired) electrons. The van der Waals surface area contributed by atoms with E-state index in [2.05, 4.69) is 13.8 Å². The molecule has 0 aliphatic rings. The second kappa shape index (κ2) is 6.61. The minimum Gasteiger partial charge on any atom is -0.504 e. The molecule has 0 saturated heterocycles. The summed E-state index contributed by atoms with van der Waals surface area (Å²) in [5.41, 5.74) is 6.84. The molecule has 4 heteroatoms. The highest BCUT2D eigenvalue weighted by atomic mass is 35.5. The van der Waals surface area contributed by atoms with Gasteiger partial charge in [0.2, 0.25) is 0 Å². The molecule has 92 valence electrons. The lowest BCUT2D eigenvalue weighted by Gasteiger charge is -2.14. The molecular formula is C12H20ClNO2. The molecular weight excluding hydrogens is 226 g/mol. The summed E-state index contributed by atoms with van der Waals surface area (Å²) in [4.78, 5) is 0. The Hall–Kier alpha value is -0.930. The van der Waals surface area contributed by atoms with Crippen LogP contribution in [-0.4, -0.2) is 10.2 Å². The van der Waals surface area contributed by atoms with Gasteiger partial charge in [-0.1, -0.05) is 19.9 Å². The normalized spacial score (nSPS) is 12.2. The van der Waals surface area contributed by atoms with Crippen LogP contribution in [0.15, 0.2) is 18.2 Å². The summed E-state index contributed by atoms with van der Waals surface area (Å²) < 4.78 is 0. The Bertz CT molecular complexity index is 329. The molecule has 1 rings (SSSR count). The van der Waals surface area contributed by atoms with Crippen LogP contribution in [0.4, 0.5) is 0 Å². The van der Waals surface area contributed by atoms with Crippen LogP contribution in [0, 0.1) is 5.92 Å². The van der Waals surface area contributed by atoms with Crippen molar-refractivity contribution >= 4 is 12.4 Å². The lowest BCUT2D eigenvalue weighted by Crippen LogP contribution is -2.11. The molecule has 16 heavy (non-hydrogen) atoms. The quantitative estimate of drug-likeness (QED) is 0.715. The monoisotopic (exact) mass is 245 g/mol. The van der Waals surface area contributed by atoms with Crippen LogP contribution in [0.5, 0.6) is 11.5 Å². The molecule has 4 N–H and O–H groups in total. The third-order valence-corrected chi connectivity index (χ3v) is 2.48. The van der Waals surface area contributed by atoms with Crippen LogP contribution in [-0.2, 0) is 0 Å². The van der Waals surface area contributed by atoms with Crippen molar-refractivity contribution in [1.29, 1.82) is 0 Å². The van der Waals surface area contributed by atoms with E-state index in [0.717, 1.165) is 18.4 Å². The Morgan fingerprint density at radius 1 is 1.12 bits per heavy atom. The fraction of sp³-hybridized carbons (Fsp3) is 0.500. The van der Waals surface area contributed by atoms with Gasteiger partial charge in [-0.05, 0) is 36.5 Å². The molecule has 0 saturated carbocycles. The molecule has 0 unspecified atom stereocenters. The summed E-state index contributed by atoms with van der Waals surface area (Å²) in [6.45, 7) is 4.31. The van der Waals surface area contributed by atoms with Crippen LogP contribution in [0.1, 0.15) is 38.3 Å². The maximum absolute atomic E-state index is 9.32. The molecule has 0 aromatic heterocycles. The zero-order valence-corrected chi connectivity index (χ0v) is 10.5. The van der Waals surface area contributed by atoms with E-state index >= 15 is 0 Å². The number of benzene rings is 1. The molecule has 0 bridgehead atoms. The van der Waals surface area contributed by atoms with Crippen molar-refractivity contribution in [2.75, 3.05) is 0 Å². The minimum absolute atomic E-state index is 0. The first-order chi connectivity index (χ1) is 7.00. The zero-order valence-electron chi connectivity index (χ0n) is 9.68. The second-order valence-corrected chi connectivity index (χ2v) is 4.33. The summed E-state index contributed by atoms with van der Waals surface area (Å²) in [7, 11) is 0. The average molecular weight is 246 g/mol. The van der Waals surface area contributed by atoms with Crippen LogP contribution in [0.25, 0.3) is 0 Å². The van der Waals surface area contributed by atoms with Gasteiger partial charge in [0, 0.05) is 6.04 Å². The van der Waals surface area contributed by atoms with Crippen molar-refractivity contribution in [3.63, 3.8) is 0 Å². The zero-order chi connectivity index (χ0) is 11.4. The Morgan fingerprint density at radius 3 is 2.25 bits per heavy atom. The maximum Gasteiger partial charge on any atom is 0.157 e. The van der Waals surface area contributed by atoms with E-state index in [0.29, 0.717) is 5.92 Å². The van der Waals surface area contributed by atoms with Crippen LogP contribution in [0.3, 0.4) is 0 Å². The average Bonchev–Trinajstić information content (AvgIpc) is 2.18. The fourth-order valence-electron chi connectivity index (χ4n) is 1.45. The third-order valence-electron chi connectivity index (χ3n) is 2.48. The van der Waals surface area contributed by atoms with Gasteiger partial charge >= 0.3 is 0 Å². The topological polar surface area (TPSA) is 66.5 Å². The van der Waals surface area contributed by atoms with Gasteiger partial charge in [-0.3, -0.25) is 0 Å². The molecule has 0 heterocycles. The number of hydrogen-bond donors (Lipinski definition) is 3. The van der Waals surface area contributed by atoms with E-state index < -0.39 is 0 Å². The smallest absolute Gasteiger partial charge is 0.157 e. The highest BCUT2D eigenvalue weighted by molar-refractivity contribution is 5.85. The number of aromatic hydroxyl groups is 2. The van der Waals surface area contributed by atoms with Gasteiger partial charge in [-0.15, -0.1) is 12.4 Å². The largest absolute Gasteiger partial charge is 0.504 e. The highest BCUT2D eigenvalue weighted by Gasteiger charge is 2.09. The minimum atomic E-state index is -0.104. The van der Waals surface area contributed by atoms with E-state index in [1.165, 1.54) is 12.1 Å². The van der Waals surface area contributed by atoms with Crippen LogP contribution in [0.2, 0.25) is 0 Å². The first-order valence-corrected chi connectivity index (χ1v) is 5.28. The number of rotatable bonds is 4. The first-order valence-electron chi connectivity index (χ1n) is 5.28. The molecule has 1 aromatic carbocycles. The van der Waals surface area contributed by atoms with Crippen molar-refractivity contribution in [3.05, 3.63) is 23.8 Å². The lowest BCUT2D eigenvalue weighted by molar-refractivity contribution is 0.402. The summed E-state index contributed by atoms with van der Waals surface area (Å²) in [5.74, 6) is 0.420. The Morgan fingerprint density at radius 2 is 1.75 bits per heavy atom. The molecule has 0 aliphatic heterocycles. The van der Waals surface area contributed by atoms with Gasteiger partial charge < -0.3 is 15.9 Å². The van der Waals surface area contributed by atoms with Crippen molar-refractivity contribution < 1.29 is 10.2 Å². The van der Waals surface area contributed by atoms with Gasteiger partial charge in [0.1, 0.15) is 0 Å². The number of halogens is 1. The number of hydrogen-bond acceptors (Lipinski definition) is 3. The molecule has 0 amide bonds.